The lowest BCUT2D eigenvalue weighted by molar-refractivity contribution is -0.0181. The Labute approximate surface area is 87.1 Å². The molecule has 2 unspecified atom stereocenters. The minimum absolute atomic E-state index is 0.396. The second-order valence-electron chi connectivity index (χ2n) is 5.40. The zero-order valence-electron chi connectivity index (χ0n) is 9.26. The van der Waals surface area contributed by atoms with Crippen molar-refractivity contribution in [3.8, 4) is 0 Å². The fourth-order valence-corrected chi connectivity index (χ4v) is 3.19. The van der Waals surface area contributed by atoms with Crippen molar-refractivity contribution in [3.63, 3.8) is 0 Å². The molecule has 2 fully saturated rings. The van der Waals surface area contributed by atoms with E-state index in [4.69, 9.17) is 0 Å². The first-order chi connectivity index (χ1) is 6.68. The largest absolute Gasteiger partial charge is 0.390 e. The molecule has 2 rings (SSSR count). The third kappa shape index (κ3) is 2.29. The molecule has 1 saturated carbocycles. The van der Waals surface area contributed by atoms with Gasteiger partial charge in [0.1, 0.15) is 0 Å². The van der Waals surface area contributed by atoms with Crippen LogP contribution in [-0.4, -0.2) is 23.8 Å². The molecule has 2 nitrogen and oxygen atoms in total. The van der Waals surface area contributed by atoms with Crippen LogP contribution in [0.25, 0.3) is 0 Å². The van der Waals surface area contributed by atoms with E-state index in [-0.39, 0.29) is 0 Å². The highest BCUT2D eigenvalue weighted by molar-refractivity contribution is 4.89. The highest BCUT2D eigenvalue weighted by atomic mass is 16.3. The molecule has 0 aromatic rings. The van der Waals surface area contributed by atoms with E-state index < -0.39 is 5.60 Å². The zero-order valence-corrected chi connectivity index (χ0v) is 9.26. The van der Waals surface area contributed by atoms with Crippen LogP contribution < -0.4 is 5.32 Å². The van der Waals surface area contributed by atoms with Gasteiger partial charge in [-0.25, -0.2) is 0 Å². The molecule has 14 heavy (non-hydrogen) atoms. The second kappa shape index (κ2) is 4.19. The summed E-state index contributed by atoms with van der Waals surface area (Å²) in [5.74, 6) is 1.29. The SMILES string of the molecule is CC(O)(CC1CCNC1)C1CCCC1. The lowest BCUT2D eigenvalue weighted by Gasteiger charge is -2.32. The van der Waals surface area contributed by atoms with Crippen molar-refractivity contribution in [1.29, 1.82) is 0 Å². The number of aliphatic hydroxyl groups is 1. The molecule has 82 valence electrons. The molecule has 0 radical (unpaired) electrons. The third-order valence-corrected chi connectivity index (χ3v) is 4.10. The molecular formula is C12H23NO. The predicted octanol–water partition coefficient (Wildman–Crippen LogP) is 1.93. The molecule has 1 heterocycles. The van der Waals surface area contributed by atoms with E-state index in [1.54, 1.807) is 0 Å². The normalized spacial score (nSPS) is 33.4. The van der Waals surface area contributed by atoms with Crippen molar-refractivity contribution < 1.29 is 5.11 Å². The van der Waals surface area contributed by atoms with Gasteiger partial charge < -0.3 is 10.4 Å². The summed E-state index contributed by atoms with van der Waals surface area (Å²) in [6.07, 6.45) is 7.39. The van der Waals surface area contributed by atoms with Crippen molar-refractivity contribution in [2.75, 3.05) is 13.1 Å². The van der Waals surface area contributed by atoms with Crippen molar-refractivity contribution in [2.24, 2.45) is 11.8 Å². The maximum Gasteiger partial charge on any atom is 0.0650 e. The Balaban J connectivity index is 1.86. The number of hydrogen-bond acceptors (Lipinski definition) is 2. The fourth-order valence-electron chi connectivity index (χ4n) is 3.19. The summed E-state index contributed by atoms with van der Waals surface area (Å²) in [5.41, 5.74) is -0.396. The van der Waals surface area contributed by atoms with Crippen molar-refractivity contribution in [3.05, 3.63) is 0 Å². The van der Waals surface area contributed by atoms with Crippen LogP contribution in [-0.2, 0) is 0 Å². The Morgan fingerprint density at radius 2 is 2.00 bits per heavy atom. The number of nitrogens with one attached hydrogen (secondary N) is 1. The van der Waals surface area contributed by atoms with Crippen LogP contribution in [0.1, 0.15) is 45.4 Å². The van der Waals surface area contributed by atoms with Gasteiger partial charge >= 0.3 is 0 Å². The number of hydrogen-bond donors (Lipinski definition) is 2. The summed E-state index contributed by atoms with van der Waals surface area (Å²) >= 11 is 0. The Hall–Kier alpha value is -0.0800. The van der Waals surface area contributed by atoms with Gasteiger partial charge in [0.05, 0.1) is 5.60 Å². The molecule has 2 atom stereocenters. The summed E-state index contributed by atoms with van der Waals surface area (Å²) in [6, 6.07) is 0. The average Bonchev–Trinajstić information content (AvgIpc) is 2.71. The van der Waals surface area contributed by atoms with Crippen LogP contribution in [0.3, 0.4) is 0 Å². The van der Waals surface area contributed by atoms with Gasteiger partial charge in [-0.3, -0.25) is 0 Å². The Kier molecular flexibility index (Phi) is 3.13. The molecule has 0 amide bonds. The van der Waals surface area contributed by atoms with Crippen LogP contribution in [0.2, 0.25) is 0 Å². The van der Waals surface area contributed by atoms with Crippen LogP contribution in [0.4, 0.5) is 0 Å². The van der Waals surface area contributed by atoms with E-state index >= 15 is 0 Å². The van der Waals surface area contributed by atoms with E-state index in [1.807, 2.05) is 0 Å². The first kappa shape index (κ1) is 10.4. The second-order valence-corrected chi connectivity index (χ2v) is 5.40. The molecule has 0 bridgehead atoms. The summed E-state index contributed by atoms with van der Waals surface area (Å²) < 4.78 is 0. The molecule has 1 aliphatic heterocycles. The minimum atomic E-state index is -0.396. The van der Waals surface area contributed by atoms with E-state index in [9.17, 15) is 5.11 Å². The molecule has 2 aliphatic rings. The zero-order chi connectivity index (χ0) is 10.0. The van der Waals surface area contributed by atoms with Gasteiger partial charge in [0, 0.05) is 0 Å². The van der Waals surface area contributed by atoms with Gasteiger partial charge in [0.25, 0.3) is 0 Å². The topological polar surface area (TPSA) is 32.3 Å². The molecular weight excluding hydrogens is 174 g/mol. The molecule has 0 spiro atoms. The quantitative estimate of drug-likeness (QED) is 0.724. The summed E-state index contributed by atoms with van der Waals surface area (Å²) in [7, 11) is 0. The first-order valence-electron chi connectivity index (χ1n) is 6.11. The highest BCUT2D eigenvalue weighted by Crippen LogP contribution is 2.38. The van der Waals surface area contributed by atoms with Crippen LogP contribution in [0.15, 0.2) is 0 Å². The fraction of sp³-hybridized carbons (Fsp3) is 1.00. The molecule has 0 aromatic heterocycles. The average molecular weight is 197 g/mol. The Morgan fingerprint density at radius 3 is 2.57 bits per heavy atom. The van der Waals surface area contributed by atoms with Crippen LogP contribution in [0, 0.1) is 11.8 Å². The summed E-state index contributed by atoms with van der Waals surface area (Å²) in [4.78, 5) is 0. The van der Waals surface area contributed by atoms with Gasteiger partial charge in [-0.15, -0.1) is 0 Å². The maximum atomic E-state index is 10.4. The Bertz CT molecular complexity index is 179. The molecule has 1 aliphatic carbocycles. The monoisotopic (exact) mass is 197 g/mol. The maximum absolute atomic E-state index is 10.4. The third-order valence-electron chi connectivity index (χ3n) is 4.10. The molecule has 1 saturated heterocycles. The summed E-state index contributed by atoms with van der Waals surface area (Å²) in [5, 5.41) is 13.8. The van der Waals surface area contributed by atoms with Gasteiger partial charge in [-0.1, -0.05) is 12.8 Å². The van der Waals surface area contributed by atoms with Crippen LogP contribution in [0.5, 0.6) is 0 Å². The molecule has 2 heteroatoms. The van der Waals surface area contributed by atoms with Gasteiger partial charge in [-0.05, 0) is 57.5 Å². The lowest BCUT2D eigenvalue weighted by Crippen LogP contribution is -2.35. The van der Waals surface area contributed by atoms with Gasteiger partial charge in [0.2, 0.25) is 0 Å². The first-order valence-corrected chi connectivity index (χ1v) is 6.11. The minimum Gasteiger partial charge on any atom is -0.390 e. The molecule has 2 N–H and O–H groups in total. The Morgan fingerprint density at radius 1 is 1.29 bits per heavy atom. The molecule has 0 aromatic carbocycles. The smallest absolute Gasteiger partial charge is 0.0650 e. The van der Waals surface area contributed by atoms with E-state index in [1.165, 1.54) is 32.1 Å². The van der Waals surface area contributed by atoms with Gasteiger partial charge in [0.15, 0.2) is 0 Å². The highest BCUT2D eigenvalue weighted by Gasteiger charge is 2.36. The van der Waals surface area contributed by atoms with Crippen molar-refractivity contribution in [2.45, 2.75) is 51.0 Å². The predicted molar refractivity (Wildman–Crippen MR) is 58.2 cm³/mol. The van der Waals surface area contributed by atoms with E-state index in [0.717, 1.165) is 19.5 Å². The van der Waals surface area contributed by atoms with Crippen molar-refractivity contribution >= 4 is 0 Å². The van der Waals surface area contributed by atoms with Crippen LogP contribution >= 0.6 is 0 Å². The summed E-state index contributed by atoms with van der Waals surface area (Å²) in [6.45, 7) is 4.32. The van der Waals surface area contributed by atoms with E-state index in [0.29, 0.717) is 11.8 Å². The standard InChI is InChI=1S/C12H23NO/c1-12(14,11-4-2-3-5-11)8-10-6-7-13-9-10/h10-11,13-14H,2-9H2,1H3. The number of rotatable bonds is 3. The van der Waals surface area contributed by atoms with E-state index in [2.05, 4.69) is 12.2 Å². The van der Waals surface area contributed by atoms with Crippen molar-refractivity contribution in [1.82, 2.24) is 5.32 Å². The lowest BCUT2D eigenvalue weighted by atomic mass is 9.80. The van der Waals surface area contributed by atoms with Gasteiger partial charge in [-0.2, -0.15) is 0 Å².